The summed E-state index contributed by atoms with van der Waals surface area (Å²) in [5.74, 6) is 0.586. The number of rotatable bonds is 4. The minimum atomic E-state index is -0.387. The lowest BCUT2D eigenvalue weighted by molar-refractivity contribution is 0.186. The van der Waals surface area contributed by atoms with Gasteiger partial charge in [0.25, 0.3) is 5.56 Å². The summed E-state index contributed by atoms with van der Waals surface area (Å²) in [4.78, 5) is 18.8. The highest BCUT2D eigenvalue weighted by molar-refractivity contribution is 7.17. The van der Waals surface area contributed by atoms with Crippen molar-refractivity contribution in [1.29, 1.82) is 0 Å². The van der Waals surface area contributed by atoms with Crippen molar-refractivity contribution in [2.75, 3.05) is 6.61 Å². The second kappa shape index (κ2) is 4.56. The van der Waals surface area contributed by atoms with E-state index in [1.807, 2.05) is 25.3 Å². The van der Waals surface area contributed by atoms with E-state index in [0.29, 0.717) is 17.1 Å². The van der Waals surface area contributed by atoms with Crippen molar-refractivity contribution in [3.05, 3.63) is 27.6 Å². The number of nitrogens with zero attached hydrogens (tertiary/aromatic N) is 1. The standard InChI is InChI=1S/C11H15N3O2S/c1-11(2,6-15)12-5-8-13-7-3-4-17-9(7)10(16)14-8/h3-4,12,15H,5-6H2,1-2H3,(H,13,14,16). The van der Waals surface area contributed by atoms with Crippen molar-refractivity contribution in [2.45, 2.75) is 25.9 Å². The second-order valence-electron chi connectivity index (χ2n) is 4.54. The Morgan fingerprint density at radius 2 is 2.35 bits per heavy atom. The topological polar surface area (TPSA) is 78.0 Å². The molecule has 0 aliphatic rings. The van der Waals surface area contributed by atoms with E-state index in [1.54, 1.807) is 0 Å². The van der Waals surface area contributed by atoms with Crippen molar-refractivity contribution in [3.8, 4) is 0 Å². The summed E-state index contributed by atoms with van der Waals surface area (Å²) >= 11 is 1.38. The molecule has 0 atom stereocenters. The number of aromatic amines is 1. The molecule has 0 bridgehead atoms. The molecule has 2 aromatic heterocycles. The molecule has 0 unspecified atom stereocenters. The Hall–Kier alpha value is -1.24. The van der Waals surface area contributed by atoms with Crippen LogP contribution in [0, 0.1) is 0 Å². The number of H-pyrrole nitrogens is 1. The number of hydrogen-bond acceptors (Lipinski definition) is 5. The van der Waals surface area contributed by atoms with Gasteiger partial charge in [-0.15, -0.1) is 11.3 Å². The van der Waals surface area contributed by atoms with Gasteiger partial charge in [0.15, 0.2) is 0 Å². The van der Waals surface area contributed by atoms with E-state index in [4.69, 9.17) is 5.11 Å². The average molecular weight is 253 g/mol. The zero-order chi connectivity index (χ0) is 12.5. The molecule has 6 heteroatoms. The minimum Gasteiger partial charge on any atom is -0.394 e. The van der Waals surface area contributed by atoms with Crippen LogP contribution in [0.3, 0.4) is 0 Å². The van der Waals surface area contributed by atoms with E-state index >= 15 is 0 Å². The predicted octanol–water partition coefficient (Wildman–Crippen LogP) is 0.845. The Balaban J connectivity index is 2.22. The highest BCUT2D eigenvalue weighted by Gasteiger charge is 2.15. The van der Waals surface area contributed by atoms with Gasteiger partial charge in [-0.3, -0.25) is 4.79 Å². The molecule has 92 valence electrons. The molecule has 0 amide bonds. The molecule has 0 aliphatic heterocycles. The van der Waals surface area contributed by atoms with Crippen LogP contribution >= 0.6 is 11.3 Å². The van der Waals surface area contributed by atoms with Gasteiger partial charge in [-0.2, -0.15) is 0 Å². The van der Waals surface area contributed by atoms with E-state index in [0.717, 1.165) is 5.52 Å². The Morgan fingerprint density at radius 3 is 3.06 bits per heavy atom. The van der Waals surface area contributed by atoms with Gasteiger partial charge in [-0.1, -0.05) is 0 Å². The molecule has 5 nitrogen and oxygen atoms in total. The molecule has 0 spiro atoms. The fourth-order valence-corrected chi connectivity index (χ4v) is 2.11. The lowest BCUT2D eigenvalue weighted by Gasteiger charge is -2.22. The first-order chi connectivity index (χ1) is 8.02. The molecule has 17 heavy (non-hydrogen) atoms. The molecular weight excluding hydrogens is 238 g/mol. The SMILES string of the molecule is CC(C)(CO)NCc1nc2ccsc2c(=O)[nH]1. The Labute approximate surface area is 103 Å². The zero-order valence-corrected chi connectivity index (χ0v) is 10.6. The number of thiophene rings is 1. The Bertz CT molecular complexity index is 573. The maximum absolute atomic E-state index is 11.7. The number of hydrogen-bond donors (Lipinski definition) is 3. The third kappa shape index (κ3) is 2.71. The molecule has 0 saturated carbocycles. The van der Waals surface area contributed by atoms with Crippen LogP contribution in [0.15, 0.2) is 16.2 Å². The molecule has 0 radical (unpaired) electrons. The fraction of sp³-hybridized carbons (Fsp3) is 0.455. The number of nitrogens with one attached hydrogen (secondary N) is 2. The average Bonchev–Trinajstić information content (AvgIpc) is 2.75. The smallest absolute Gasteiger partial charge is 0.268 e. The number of aliphatic hydroxyl groups excluding tert-OH is 1. The zero-order valence-electron chi connectivity index (χ0n) is 9.78. The summed E-state index contributed by atoms with van der Waals surface area (Å²) in [5.41, 5.74) is 0.225. The molecule has 2 aromatic rings. The number of fused-ring (bicyclic) bond motifs is 1. The van der Waals surface area contributed by atoms with E-state index in [9.17, 15) is 4.79 Å². The van der Waals surface area contributed by atoms with E-state index in [-0.39, 0.29) is 17.7 Å². The van der Waals surface area contributed by atoms with Crippen molar-refractivity contribution in [2.24, 2.45) is 0 Å². The normalized spacial score (nSPS) is 12.2. The second-order valence-corrected chi connectivity index (χ2v) is 5.46. The maximum Gasteiger partial charge on any atom is 0.268 e. The molecule has 0 aromatic carbocycles. The third-order valence-corrected chi connectivity index (χ3v) is 3.40. The Morgan fingerprint density at radius 1 is 1.59 bits per heavy atom. The molecule has 0 saturated heterocycles. The molecule has 0 fully saturated rings. The highest BCUT2D eigenvalue weighted by atomic mass is 32.1. The van der Waals surface area contributed by atoms with Crippen LogP contribution in [0.5, 0.6) is 0 Å². The van der Waals surface area contributed by atoms with Gasteiger partial charge in [0.05, 0.1) is 18.7 Å². The van der Waals surface area contributed by atoms with Crippen LogP contribution in [0.1, 0.15) is 19.7 Å². The van der Waals surface area contributed by atoms with Crippen LogP contribution in [0.4, 0.5) is 0 Å². The lowest BCUT2D eigenvalue weighted by Crippen LogP contribution is -2.42. The summed E-state index contributed by atoms with van der Waals surface area (Å²) in [6, 6.07) is 1.83. The number of aliphatic hydroxyl groups is 1. The monoisotopic (exact) mass is 253 g/mol. The quantitative estimate of drug-likeness (QED) is 0.754. The van der Waals surface area contributed by atoms with Crippen LogP contribution < -0.4 is 10.9 Å². The molecule has 3 N–H and O–H groups in total. The minimum absolute atomic E-state index is 0.0257. The van der Waals surface area contributed by atoms with Crippen molar-refractivity contribution in [3.63, 3.8) is 0 Å². The van der Waals surface area contributed by atoms with E-state index in [2.05, 4.69) is 15.3 Å². The summed E-state index contributed by atoms with van der Waals surface area (Å²) in [6.07, 6.45) is 0. The van der Waals surface area contributed by atoms with Crippen LogP contribution in [-0.4, -0.2) is 27.2 Å². The fourth-order valence-electron chi connectivity index (χ4n) is 1.38. The predicted molar refractivity (Wildman–Crippen MR) is 68.2 cm³/mol. The lowest BCUT2D eigenvalue weighted by atomic mass is 10.1. The third-order valence-electron chi connectivity index (χ3n) is 2.49. The van der Waals surface area contributed by atoms with Crippen molar-refractivity contribution >= 4 is 21.6 Å². The summed E-state index contributed by atoms with van der Waals surface area (Å²) in [7, 11) is 0. The van der Waals surface area contributed by atoms with E-state index in [1.165, 1.54) is 11.3 Å². The van der Waals surface area contributed by atoms with Gasteiger partial charge in [0.2, 0.25) is 0 Å². The summed E-state index contributed by atoms with van der Waals surface area (Å²) < 4.78 is 0.648. The summed E-state index contributed by atoms with van der Waals surface area (Å²) in [6.45, 7) is 4.22. The van der Waals surface area contributed by atoms with Crippen LogP contribution in [0.2, 0.25) is 0 Å². The molecule has 0 aliphatic carbocycles. The van der Waals surface area contributed by atoms with Gasteiger partial charge >= 0.3 is 0 Å². The molecule has 2 rings (SSSR count). The highest BCUT2D eigenvalue weighted by Crippen LogP contribution is 2.13. The first-order valence-corrected chi connectivity index (χ1v) is 6.22. The van der Waals surface area contributed by atoms with Crippen molar-refractivity contribution < 1.29 is 5.11 Å². The van der Waals surface area contributed by atoms with E-state index < -0.39 is 0 Å². The van der Waals surface area contributed by atoms with Crippen LogP contribution in [0.25, 0.3) is 10.2 Å². The largest absolute Gasteiger partial charge is 0.394 e. The first-order valence-electron chi connectivity index (χ1n) is 5.34. The van der Waals surface area contributed by atoms with Gasteiger partial charge < -0.3 is 15.4 Å². The first kappa shape index (κ1) is 12.2. The van der Waals surface area contributed by atoms with Crippen molar-refractivity contribution in [1.82, 2.24) is 15.3 Å². The Kier molecular flexibility index (Phi) is 3.28. The maximum atomic E-state index is 11.7. The van der Waals surface area contributed by atoms with Crippen LogP contribution in [-0.2, 0) is 6.54 Å². The molecular formula is C11H15N3O2S. The molecule has 2 heterocycles. The number of aromatic nitrogens is 2. The van der Waals surface area contributed by atoms with Gasteiger partial charge in [0, 0.05) is 5.54 Å². The van der Waals surface area contributed by atoms with Gasteiger partial charge in [0.1, 0.15) is 10.5 Å². The summed E-state index contributed by atoms with van der Waals surface area (Å²) in [5, 5.41) is 14.1. The van der Waals surface area contributed by atoms with Gasteiger partial charge in [-0.25, -0.2) is 4.98 Å². The van der Waals surface area contributed by atoms with Gasteiger partial charge in [-0.05, 0) is 25.3 Å².